The number of hydrogen-bond donors (Lipinski definition) is 2. The molecule has 0 fully saturated rings. The molecule has 0 saturated heterocycles. The number of thiophene rings is 1. The molecule has 5 nitrogen and oxygen atoms in total. The van der Waals surface area contributed by atoms with Crippen LogP contribution in [0.25, 0.3) is 0 Å². The van der Waals surface area contributed by atoms with Crippen LogP contribution in [-0.4, -0.2) is 37.3 Å². The van der Waals surface area contributed by atoms with Crippen LogP contribution in [0.4, 0.5) is 13.2 Å². The fourth-order valence-corrected chi connectivity index (χ4v) is 3.07. The van der Waals surface area contributed by atoms with E-state index in [-0.39, 0.29) is 11.3 Å². The summed E-state index contributed by atoms with van der Waals surface area (Å²) < 4.78 is 41.0. The lowest BCUT2D eigenvalue weighted by molar-refractivity contribution is -0.154. The Morgan fingerprint density at radius 3 is 2.56 bits per heavy atom. The molecular weight excluding hydrogens is 377 g/mol. The van der Waals surface area contributed by atoms with Gasteiger partial charge in [0.2, 0.25) is 5.88 Å². The highest BCUT2D eigenvalue weighted by Crippen LogP contribution is 2.26. The second kappa shape index (κ2) is 9.07. The van der Waals surface area contributed by atoms with Crippen molar-refractivity contribution in [2.45, 2.75) is 32.0 Å². The van der Waals surface area contributed by atoms with E-state index in [1.54, 1.807) is 24.5 Å². The van der Waals surface area contributed by atoms with E-state index in [9.17, 15) is 13.2 Å². The van der Waals surface area contributed by atoms with Crippen molar-refractivity contribution in [3.8, 4) is 5.88 Å². The zero-order valence-corrected chi connectivity index (χ0v) is 16.2. The maximum atomic E-state index is 12.1. The molecule has 0 aromatic carbocycles. The van der Waals surface area contributed by atoms with Gasteiger partial charge >= 0.3 is 6.18 Å². The van der Waals surface area contributed by atoms with Gasteiger partial charge in [-0.25, -0.2) is 4.98 Å². The predicted octanol–water partition coefficient (Wildman–Crippen LogP) is 3.73. The summed E-state index contributed by atoms with van der Waals surface area (Å²) in [6.45, 7) is 4.10. The van der Waals surface area contributed by atoms with Crippen LogP contribution < -0.4 is 15.4 Å². The number of ether oxygens (including phenoxy) is 1. The fraction of sp³-hybridized carbons (Fsp3) is 0.444. The number of alkyl halides is 3. The van der Waals surface area contributed by atoms with Crippen LogP contribution in [0.1, 0.15) is 24.3 Å². The molecule has 0 bridgehead atoms. The topological polar surface area (TPSA) is 58.5 Å². The second-order valence-electron chi connectivity index (χ2n) is 6.55. The molecule has 0 saturated carbocycles. The largest absolute Gasteiger partial charge is 0.468 e. The molecule has 2 N–H and O–H groups in total. The molecule has 27 heavy (non-hydrogen) atoms. The monoisotopic (exact) mass is 400 g/mol. The molecule has 0 spiro atoms. The smallest absolute Gasteiger partial charge is 0.422 e. The minimum atomic E-state index is -4.38. The zero-order chi connectivity index (χ0) is 19.9. The number of guanidine groups is 1. The van der Waals surface area contributed by atoms with Gasteiger partial charge < -0.3 is 15.4 Å². The van der Waals surface area contributed by atoms with Crippen molar-refractivity contribution in [1.82, 2.24) is 15.6 Å². The summed E-state index contributed by atoms with van der Waals surface area (Å²) in [6, 6.07) is 7.22. The quantitative estimate of drug-likeness (QED) is 0.549. The molecule has 2 aromatic heterocycles. The van der Waals surface area contributed by atoms with Crippen LogP contribution in [0.5, 0.6) is 5.88 Å². The van der Waals surface area contributed by atoms with Gasteiger partial charge in [-0.05, 0) is 17.0 Å². The first-order valence-electron chi connectivity index (χ1n) is 8.32. The Morgan fingerprint density at radius 2 is 2.00 bits per heavy atom. The normalized spacial score (nSPS) is 12.7. The molecule has 0 aliphatic carbocycles. The number of halogens is 3. The summed E-state index contributed by atoms with van der Waals surface area (Å²) >= 11 is 1.72. The lowest BCUT2D eigenvalue weighted by Gasteiger charge is -2.25. The average Bonchev–Trinajstić information content (AvgIpc) is 3.16. The maximum absolute atomic E-state index is 12.1. The highest BCUT2D eigenvalue weighted by molar-refractivity contribution is 7.10. The predicted molar refractivity (Wildman–Crippen MR) is 101 cm³/mol. The molecule has 9 heteroatoms. The van der Waals surface area contributed by atoms with E-state index in [4.69, 9.17) is 0 Å². The van der Waals surface area contributed by atoms with Gasteiger partial charge in [0.05, 0.1) is 0 Å². The van der Waals surface area contributed by atoms with E-state index in [1.165, 1.54) is 17.1 Å². The molecule has 0 aliphatic heterocycles. The van der Waals surface area contributed by atoms with Crippen LogP contribution in [0.3, 0.4) is 0 Å². The van der Waals surface area contributed by atoms with Crippen molar-refractivity contribution < 1.29 is 17.9 Å². The summed E-state index contributed by atoms with van der Waals surface area (Å²) in [6.07, 6.45) is -2.90. The number of pyridine rings is 1. The zero-order valence-electron chi connectivity index (χ0n) is 15.4. The van der Waals surface area contributed by atoms with Gasteiger partial charge in [-0.1, -0.05) is 26.0 Å². The maximum Gasteiger partial charge on any atom is 0.422 e. The summed E-state index contributed by atoms with van der Waals surface area (Å²) in [5.41, 5.74) is 0.764. The van der Waals surface area contributed by atoms with E-state index in [0.29, 0.717) is 19.0 Å². The molecule has 0 amide bonds. The number of aromatic nitrogens is 1. The third-order valence-corrected chi connectivity index (χ3v) is 4.99. The molecule has 2 heterocycles. The standard InChI is InChI=1S/C18H23F3N4OS/c1-17(2,14-5-4-8-27-14)11-25-16(22-3)24-10-13-6-7-15(23-9-13)26-12-18(19,20)21/h4-9H,10-12H2,1-3H3,(H2,22,24,25). The van der Waals surface area contributed by atoms with Gasteiger partial charge in [0.1, 0.15) is 0 Å². The highest BCUT2D eigenvalue weighted by Gasteiger charge is 2.28. The molecule has 0 unspecified atom stereocenters. The third kappa shape index (κ3) is 7.09. The van der Waals surface area contributed by atoms with Crippen LogP contribution in [0.2, 0.25) is 0 Å². The molecule has 0 aliphatic rings. The van der Waals surface area contributed by atoms with E-state index in [1.807, 2.05) is 6.07 Å². The Balaban J connectivity index is 1.82. The summed E-state index contributed by atoms with van der Waals surface area (Å²) in [5.74, 6) is 0.577. The minimum absolute atomic E-state index is 0.0369. The molecule has 0 atom stereocenters. The van der Waals surface area contributed by atoms with Crippen LogP contribution in [-0.2, 0) is 12.0 Å². The Bertz CT molecular complexity index is 728. The van der Waals surface area contributed by atoms with Crippen molar-refractivity contribution in [2.24, 2.45) is 4.99 Å². The lowest BCUT2D eigenvalue weighted by Crippen LogP contribution is -2.42. The first kappa shape index (κ1) is 21.0. The van der Waals surface area contributed by atoms with Gasteiger partial charge in [-0.15, -0.1) is 11.3 Å². The first-order chi connectivity index (χ1) is 12.7. The Labute approximate surface area is 160 Å². The van der Waals surface area contributed by atoms with Crippen molar-refractivity contribution in [3.63, 3.8) is 0 Å². The van der Waals surface area contributed by atoms with Crippen molar-refractivity contribution >= 4 is 17.3 Å². The average molecular weight is 400 g/mol. The fourth-order valence-electron chi connectivity index (χ4n) is 2.22. The van der Waals surface area contributed by atoms with Crippen molar-refractivity contribution in [3.05, 3.63) is 46.3 Å². The molecule has 0 radical (unpaired) electrons. The Hall–Kier alpha value is -2.29. The Morgan fingerprint density at radius 1 is 1.22 bits per heavy atom. The summed E-state index contributed by atoms with van der Waals surface area (Å²) in [5, 5.41) is 8.51. The minimum Gasteiger partial charge on any atom is -0.468 e. The van der Waals surface area contributed by atoms with Gasteiger partial charge in [0.15, 0.2) is 12.6 Å². The van der Waals surface area contributed by atoms with E-state index < -0.39 is 12.8 Å². The van der Waals surface area contributed by atoms with E-state index in [0.717, 1.165) is 5.56 Å². The van der Waals surface area contributed by atoms with Gasteiger partial charge in [-0.3, -0.25) is 4.99 Å². The number of aliphatic imine (C=N–C) groups is 1. The first-order valence-corrected chi connectivity index (χ1v) is 9.20. The molecule has 2 rings (SSSR count). The number of nitrogens with one attached hydrogen (secondary N) is 2. The van der Waals surface area contributed by atoms with Gasteiger partial charge in [0.25, 0.3) is 0 Å². The lowest BCUT2D eigenvalue weighted by atomic mass is 9.91. The number of rotatable bonds is 7. The molecular formula is C18H23F3N4OS. The highest BCUT2D eigenvalue weighted by atomic mass is 32.1. The third-order valence-electron chi connectivity index (χ3n) is 3.75. The van der Waals surface area contributed by atoms with E-state index in [2.05, 4.69) is 50.6 Å². The van der Waals surface area contributed by atoms with Crippen LogP contribution >= 0.6 is 11.3 Å². The number of hydrogen-bond acceptors (Lipinski definition) is 4. The Kier molecular flexibility index (Phi) is 7.06. The second-order valence-corrected chi connectivity index (χ2v) is 7.50. The van der Waals surface area contributed by atoms with Crippen molar-refractivity contribution in [1.29, 1.82) is 0 Å². The summed E-state index contributed by atoms with van der Waals surface area (Å²) in [7, 11) is 1.68. The number of nitrogens with zero attached hydrogens (tertiary/aromatic N) is 2. The SMILES string of the molecule is CN=C(NCc1ccc(OCC(F)(F)F)nc1)NCC(C)(C)c1cccs1. The molecule has 2 aromatic rings. The van der Waals surface area contributed by atoms with Gasteiger partial charge in [0, 0.05) is 42.7 Å². The van der Waals surface area contributed by atoms with Gasteiger partial charge in [-0.2, -0.15) is 13.2 Å². The molecule has 148 valence electrons. The summed E-state index contributed by atoms with van der Waals surface area (Å²) in [4.78, 5) is 9.35. The van der Waals surface area contributed by atoms with Crippen LogP contribution in [0, 0.1) is 0 Å². The van der Waals surface area contributed by atoms with Crippen LogP contribution in [0.15, 0.2) is 40.8 Å². The van der Waals surface area contributed by atoms with E-state index >= 15 is 0 Å². The van der Waals surface area contributed by atoms with Crippen molar-refractivity contribution in [2.75, 3.05) is 20.2 Å².